The summed E-state index contributed by atoms with van der Waals surface area (Å²) in [6.45, 7) is 2.16. The van der Waals surface area contributed by atoms with Crippen LogP contribution in [-0.4, -0.2) is 15.5 Å². The summed E-state index contributed by atoms with van der Waals surface area (Å²) >= 11 is 0. The molecule has 0 aliphatic carbocycles. The molecule has 0 spiro atoms. The molecule has 106 valence electrons. The molecule has 0 atom stereocenters. The molecule has 0 unspecified atom stereocenters. The van der Waals surface area contributed by atoms with Gasteiger partial charge in [0, 0.05) is 18.0 Å². The fourth-order valence-electron chi connectivity index (χ4n) is 2.40. The molecule has 3 aromatic rings. The molecule has 0 saturated heterocycles. The zero-order valence-electron chi connectivity index (χ0n) is 11.5. The second-order valence-corrected chi connectivity index (χ2v) is 5.00. The molecule has 0 aliphatic rings. The lowest BCUT2D eigenvalue weighted by atomic mass is 10.1. The number of aryl methyl sites for hydroxylation is 1. The lowest BCUT2D eigenvalue weighted by molar-refractivity contribution is 0.100. The second-order valence-electron chi connectivity index (χ2n) is 5.00. The first-order chi connectivity index (χ1) is 10.1. The summed E-state index contributed by atoms with van der Waals surface area (Å²) in [4.78, 5) is 15.7. The van der Waals surface area contributed by atoms with Crippen LogP contribution in [0.2, 0.25) is 0 Å². The minimum absolute atomic E-state index is 0.263. The van der Waals surface area contributed by atoms with Crippen molar-refractivity contribution in [2.24, 2.45) is 5.73 Å². The third kappa shape index (κ3) is 2.38. The number of nitrogens with two attached hydrogens (primary N) is 1. The van der Waals surface area contributed by atoms with Crippen LogP contribution in [0.15, 0.2) is 42.7 Å². The van der Waals surface area contributed by atoms with Gasteiger partial charge in [-0.15, -0.1) is 0 Å². The van der Waals surface area contributed by atoms with Crippen molar-refractivity contribution >= 4 is 16.9 Å². The lowest BCUT2D eigenvalue weighted by Gasteiger charge is -2.07. The highest BCUT2D eigenvalue weighted by Crippen LogP contribution is 2.21. The second kappa shape index (κ2) is 5.01. The van der Waals surface area contributed by atoms with Crippen molar-refractivity contribution in [1.29, 1.82) is 0 Å². The van der Waals surface area contributed by atoms with Gasteiger partial charge < -0.3 is 10.3 Å². The molecule has 2 N–H and O–H groups in total. The summed E-state index contributed by atoms with van der Waals surface area (Å²) < 4.78 is 15.8. The average Bonchev–Trinajstić information content (AvgIpc) is 2.81. The Morgan fingerprint density at radius 2 is 2.19 bits per heavy atom. The van der Waals surface area contributed by atoms with E-state index in [0.29, 0.717) is 23.2 Å². The van der Waals surface area contributed by atoms with Gasteiger partial charge in [0.15, 0.2) is 0 Å². The minimum atomic E-state index is -0.540. The molecule has 0 bridgehead atoms. The maximum atomic E-state index is 14.0. The van der Waals surface area contributed by atoms with E-state index in [1.165, 1.54) is 6.07 Å². The molecule has 0 saturated carbocycles. The number of nitrogens with zero attached hydrogens (tertiary/aromatic N) is 2. The number of hydrogen-bond acceptors (Lipinski definition) is 2. The van der Waals surface area contributed by atoms with E-state index in [-0.39, 0.29) is 5.82 Å². The van der Waals surface area contributed by atoms with Gasteiger partial charge in [-0.1, -0.05) is 12.1 Å². The molecule has 1 aromatic carbocycles. The predicted octanol–water partition coefficient (Wildman–Crippen LogP) is 2.63. The highest BCUT2D eigenvalue weighted by atomic mass is 19.1. The molecule has 1 amide bonds. The van der Waals surface area contributed by atoms with E-state index in [4.69, 9.17) is 5.73 Å². The molecule has 2 heterocycles. The number of pyridine rings is 1. The van der Waals surface area contributed by atoms with Crippen molar-refractivity contribution in [3.8, 4) is 0 Å². The van der Waals surface area contributed by atoms with Crippen LogP contribution in [0.3, 0.4) is 0 Å². The Morgan fingerprint density at radius 1 is 1.38 bits per heavy atom. The number of rotatable bonds is 3. The van der Waals surface area contributed by atoms with Gasteiger partial charge in [-0.05, 0) is 30.7 Å². The van der Waals surface area contributed by atoms with E-state index >= 15 is 0 Å². The Morgan fingerprint density at radius 3 is 2.90 bits per heavy atom. The Hall–Kier alpha value is -2.69. The van der Waals surface area contributed by atoms with E-state index in [1.54, 1.807) is 29.1 Å². The fraction of sp³-hybridized carbons (Fsp3) is 0.125. The molecule has 0 radical (unpaired) electrons. The van der Waals surface area contributed by atoms with Gasteiger partial charge in [0.05, 0.1) is 17.6 Å². The van der Waals surface area contributed by atoms with Gasteiger partial charge in [0.1, 0.15) is 11.3 Å². The standard InChI is InChI=1S/C16H14FN3O/c1-10-4-5-11(13(17)7-10)8-20-9-12(16(18)21)15-14(20)3-2-6-19-15/h2-7,9H,8H2,1H3,(H2,18,21). The molecule has 0 aliphatic heterocycles. The summed E-state index contributed by atoms with van der Waals surface area (Å²) in [5, 5.41) is 0. The van der Waals surface area contributed by atoms with Crippen molar-refractivity contribution < 1.29 is 9.18 Å². The van der Waals surface area contributed by atoms with Crippen LogP contribution in [0.25, 0.3) is 11.0 Å². The Balaban J connectivity index is 2.10. The molecule has 21 heavy (non-hydrogen) atoms. The SMILES string of the molecule is Cc1ccc(Cn2cc(C(N)=O)c3ncccc32)c(F)c1. The number of hydrogen-bond donors (Lipinski definition) is 1. The molecule has 5 heteroatoms. The molecule has 3 rings (SSSR count). The van der Waals surface area contributed by atoms with Crippen LogP contribution in [0, 0.1) is 12.7 Å². The molecule has 0 fully saturated rings. The first kappa shape index (κ1) is 13.3. The Labute approximate surface area is 121 Å². The topological polar surface area (TPSA) is 60.9 Å². The average molecular weight is 283 g/mol. The van der Waals surface area contributed by atoms with Crippen LogP contribution >= 0.6 is 0 Å². The summed E-state index contributed by atoms with van der Waals surface area (Å²) in [5.41, 5.74) is 8.43. The van der Waals surface area contributed by atoms with E-state index in [2.05, 4.69) is 4.98 Å². The zero-order chi connectivity index (χ0) is 15.0. The van der Waals surface area contributed by atoms with Crippen LogP contribution in [0.5, 0.6) is 0 Å². The number of fused-ring (bicyclic) bond motifs is 1. The Bertz CT molecular complexity index is 839. The van der Waals surface area contributed by atoms with Gasteiger partial charge in [-0.3, -0.25) is 9.78 Å². The maximum absolute atomic E-state index is 14.0. The lowest BCUT2D eigenvalue weighted by Crippen LogP contribution is -2.10. The van der Waals surface area contributed by atoms with Crippen LogP contribution in [0.1, 0.15) is 21.5 Å². The number of primary amides is 1. The molecular formula is C16H14FN3O. The molecule has 2 aromatic heterocycles. The van der Waals surface area contributed by atoms with Crippen LogP contribution < -0.4 is 5.73 Å². The van der Waals surface area contributed by atoms with E-state index in [0.717, 1.165) is 11.1 Å². The zero-order valence-corrected chi connectivity index (χ0v) is 11.5. The highest BCUT2D eigenvalue weighted by Gasteiger charge is 2.14. The molecular weight excluding hydrogens is 269 g/mol. The van der Waals surface area contributed by atoms with E-state index in [1.807, 2.05) is 19.1 Å². The van der Waals surface area contributed by atoms with Crippen molar-refractivity contribution in [2.45, 2.75) is 13.5 Å². The predicted molar refractivity (Wildman–Crippen MR) is 78.5 cm³/mol. The smallest absolute Gasteiger partial charge is 0.252 e. The van der Waals surface area contributed by atoms with Gasteiger partial charge in [-0.2, -0.15) is 0 Å². The van der Waals surface area contributed by atoms with Crippen LogP contribution in [0.4, 0.5) is 4.39 Å². The third-order valence-corrected chi connectivity index (χ3v) is 3.45. The van der Waals surface area contributed by atoms with Gasteiger partial charge in [-0.25, -0.2) is 4.39 Å². The van der Waals surface area contributed by atoms with Crippen LogP contribution in [-0.2, 0) is 6.54 Å². The van der Waals surface area contributed by atoms with Gasteiger partial charge in [0.2, 0.25) is 0 Å². The third-order valence-electron chi connectivity index (χ3n) is 3.45. The number of amides is 1. The number of carbonyl (C=O) groups excluding carboxylic acids is 1. The Kier molecular flexibility index (Phi) is 3.17. The first-order valence-electron chi connectivity index (χ1n) is 6.55. The minimum Gasteiger partial charge on any atom is -0.365 e. The summed E-state index contributed by atoms with van der Waals surface area (Å²) in [5.74, 6) is -0.803. The van der Waals surface area contributed by atoms with E-state index in [9.17, 15) is 9.18 Å². The first-order valence-corrected chi connectivity index (χ1v) is 6.55. The van der Waals surface area contributed by atoms with Gasteiger partial charge in [0.25, 0.3) is 5.91 Å². The largest absolute Gasteiger partial charge is 0.365 e. The summed E-state index contributed by atoms with van der Waals surface area (Å²) in [7, 11) is 0. The monoisotopic (exact) mass is 283 g/mol. The van der Waals surface area contributed by atoms with Crippen molar-refractivity contribution in [2.75, 3.05) is 0 Å². The number of halogens is 1. The van der Waals surface area contributed by atoms with E-state index < -0.39 is 5.91 Å². The summed E-state index contributed by atoms with van der Waals surface area (Å²) in [6.07, 6.45) is 3.23. The van der Waals surface area contributed by atoms with Crippen molar-refractivity contribution in [3.05, 3.63) is 65.2 Å². The normalized spacial score (nSPS) is 11.0. The fourth-order valence-corrected chi connectivity index (χ4v) is 2.40. The van der Waals surface area contributed by atoms with Crippen molar-refractivity contribution in [3.63, 3.8) is 0 Å². The van der Waals surface area contributed by atoms with Crippen molar-refractivity contribution in [1.82, 2.24) is 9.55 Å². The van der Waals surface area contributed by atoms with Gasteiger partial charge >= 0.3 is 0 Å². The number of carbonyl (C=O) groups is 1. The number of benzene rings is 1. The summed E-state index contributed by atoms with van der Waals surface area (Å²) in [6, 6.07) is 8.71. The number of aromatic nitrogens is 2. The molecule has 4 nitrogen and oxygen atoms in total. The maximum Gasteiger partial charge on any atom is 0.252 e. The quantitative estimate of drug-likeness (QED) is 0.803. The highest BCUT2D eigenvalue weighted by molar-refractivity contribution is 6.04.